The quantitative estimate of drug-likeness (QED) is 0.735. The Morgan fingerprint density at radius 2 is 1.90 bits per heavy atom. The first-order chi connectivity index (χ1) is 10.3. The summed E-state index contributed by atoms with van der Waals surface area (Å²) < 4.78 is 4.66. The maximum Gasteiger partial charge on any atom is 0.305 e. The summed E-state index contributed by atoms with van der Waals surface area (Å²) in [7, 11) is 1.42. The van der Waals surface area contributed by atoms with Gasteiger partial charge in [-0.25, -0.2) is 0 Å². The highest BCUT2D eigenvalue weighted by atomic mass is 16.5. The van der Waals surface area contributed by atoms with Crippen LogP contribution in [-0.2, 0) is 16.0 Å². The van der Waals surface area contributed by atoms with Crippen LogP contribution in [0.3, 0.4) is 0 Å². The summed E-state index contributed by atoms with van der Waals surface area (Å²) in [6.45, 7) is 0. The van der Waals surface area contributed by atoms with Crippen molar-refractivity contribution in [3.05, 3.63) is 60.3 Å². The van der Waals surface area contributed by atoms with Crippen LogP contribution < -0.4 is 0 Å². The highest BCUT2D eigenvalue weighted by Crippen LogP contribution is 2.28. The third kappa shape index (κ3) is 2.82. The molecule has 0 saturated heterocycles. The van der Waals surface area contributed by atoms with Gasteiger partial charge in [-0.05, 0) is 35.2 Å². The molecule has 0 aliphatic carbocycles. The first kappa shape index (κ1) is 13.4. The first-order valence-corrected chi connectivity index (χ1v) is 7.00. The average Bonchev–Trinajstić information content (AvgIpc) is 3.01. The van der Waals surface area contributed by atoms with E-state index in [0.29, 0.717) is 12.8 Å². The van der Waals surface area contributed by atoms with Crippen molar-refractivity contribution in [1.82, 2.24) is 4.98 Å². The van der Waals surface area contributed by atoms with Crippen molar-refractivity contribution >= 4 is 16.9 Å². The number of H-pyrrole nitrogens is 1. The van der Waals surface area contributed by atoms with Gasteiger partial charge in [-0.3, -0.25) is 4.79 Å². The zero-order valence-corrected chi connectivity index (χ0v) is 11.9. The van der Waals surface area contributed by atoms with Crippen LogP contribution in [0.4, 0.5) is 0 Å². The number of esters is 1. The van der Waals surface area contributed by atoms with Crippen molar-refractivity contribution in [3.63, 3.8) is 0 Å². The molecule has 0 fully saturated rings. The molecule has 0 atom stereocenters. The van der Waals surface area contributed by atoms with E-state index in [0.717, 1.165) is 11.1 Å². The summed E-state index contributed by atoms with van der Waals surface area (Å²) in [4.78, 5) is 14.4. The van der Waals surface area contributed by atoms with Gasteiger partial charge in [0.2, 0.25) is 0 Å². The van der Waals surface area contributed by atoms with Gasteiger partial charge in [0.05, 0.1) is 7.11 Å². The number of rotatable bonds is 4. The zero-order valence-electron chi connectivity index (χ0n) is 11.9. The van der Waals surface area contributed by atoms with Crippen molar-refractivity contribution in [2.75, 3.05) is 7.11 Å². The molecular formula is C18H17NO2. The van der Waals surface area contributed by atoms with Crippen LogP contribution in [0.1, 0.15) is 12.0 Å². The third-order valence-corrected chi connectivity index (χ3v) is 3.71. The van der Waals surface area contributed by atoms with Gasteiger partial charge in [0, 0.05) is 23.5 Å². The summed E-state index contributed by atoms with van der Waals surface area (Å²) >= 11 is 0. The molecule has 1 aromatic heterocycles. The van der Waals surface area contributed by atoms with Gasteiger partial charge in [-0.1, -0.05) is 36.4 Å². The van der Waals surface area contributed by atoms with Crippen LogP contribution in [0.15, 0.2) is 54.7 Å². The van der Waals surface area contributed by atoms with E-state index in [-0.39, 0.29) is 5.97 Å². The average molecular weight is 279 g/mol. The Labute approximate surface area is 123 Å². The normalized spacial score (nSPS) is 10.7. The minimum absolute atomic E-state index is 0.170. The molecule has 1 N–H and O–H groups in total. The summed E-state index contributed by atoms with van der Waals surface area (Å²) in [5.74, 6) is -0.170. The second-order valence-electron chi connectivity index (χ2n) is 5.02. The molecule has 1 heterocycles. The maximum absolute atomic E-state index is 11.2. The molecule has 0 aliphatic rings. The molecule has 0 unspecified atom stereocenters. The molecule has 0 amide bonds. The number of aromatic amines is 1. The predicted molar refractivity (Wildman–Crippen MR) is 84.1 cm³/mol. The molecule has 21 heavy (non-hydrogen) atoms. The van der Waals surface area contributed by atoms with Crippen LogP contribution in [0.5, 0.6) is 0 Å². The second kappa shape index (κ2) is 5.83. The highest BCUT2D eigenvalue weighted by molar-refractivity contribution is 5.95. The van der Waals surface area contributed by atoms with Crippen molar-refractivity contribution in [2.24, 2.45) is 0 Å². The number of carbonyl (C=O) groups excluding carboxylic acids is 1. The molecule has 3 nitrogen and oxygen atoms in total. The van der Waals surface area contributed by atoms with Gasteiger partial charge in [0.1, 0.15) is 0 Å². The van der Waals surface area contributed by atoms with E-state index >= 15 is 0 Å². The van der Waals surface area contributed by atoms with Crippen molar-refractivity contribution in [3.8, 4) is 11.1 Å². The zero-order chi connectivity index (χ0) is 14.7. The number of benzene rings is 2. The van der Waals surface area contributed by atoms with Gasteiger partial charge in [0.25, 0.3) is 0 Å². The Morgan fingerprint density at radius 1 is 1.10 bits per heavy atom. The summed E-state index contributed by atoms with van der Waals surface area (Å²) in [6, 6.07) is 16.7. The van der Waals surface area contributed by atoms with E-state index in [1.54, 1.807) is 0 Å². The number of carbonyl (C=O) groups is 1. The summed E-state index contributed by atoms with van der Waals surface area (Å²) in [6.07, 6.45) is 3.09. The first-order valence-electron chi connectivity index (χ1n) is 7.00. The van der Waals surface area contributed by atoms with Crippen LogP contribution in [0.25, 0.3) is 22.0 Å². The maximum atomic E-state index is 11.2. The van der Waals surface area contributed by atoms with E-state index in [4.69, 9.17) is 0 Å². The number of hydrogen-bond donors (Lipinski definition) is 1. The van der Waals surface area contributed by atoms with E-state index < -0.39 is 0 Å². The monoisotopic (exact) mass is 279 g/mol. The number of aryl methyl sites for hydroxylation is 1. The topological polar surface area (TPSA) is 42.1 Å². The van der Waals surface area contributed by atoms with Crippen molar-refractivity contribution < 1.29 is 9.53 Å². The molecule has 3 aromatic rings. The Balaban J connectivity index is 1.84. The van der Waals surface area contributed by atoms with Gasteiger partial charge in [0.15, 0.2) is 0 Å². The lowest BCUT2D eigenvalue weighted by atomic mass is 9.99. The van der Waals surface area contributed by atoms with Gasteiger partial charge in [-0.15, -0.1) is 0 Å². The van der Waals surface area contributed by atoms with Crippen molar-refractivity contribution in [1.29, 1.82) is 0 Å². The lowest BCUT2D eigenvalue weighted by Crippen LogP contribution is -2.01. The van der Waals surface area contributed by atoms with Crippen LogP contribution in [0.2, 0.25) is 0 Å². The summed E-state index contributed by atoms with van der Waals surface area (Å²) in [5, 5.41) is 1.22. The molecule has 0 bridgehead atoms. The van der Waals surface area contributed by atoms with E-state index in [1.165, 1.54) is 23.6 Å². The second-order valence-corrected chi connectivity index (χ2v) is 5.02. The lowest BCUT2D eigenvalue weighted by Gasteiger charge is -2.06. The minimum atomic E-state index is -0.170. The molecule has 3 rings (SSSR count). The Hall–Kier alpha value is -2.55. The molecule has 0 aliphatic heterocycles. The third-order valence-electron chi connectivity index (χ3n) is 3.71. The number of hydrogen-bond acceptors (Lipinski definition) is 2. The largest absolute Gasteiger partial charge is 0.469 e. The van der Waals surface area contributed by atoms with Gasteiger partial charge in [-0.2, -0.15) is 0 Å². The SMILES string of the molecule is COC(=O)CCc1ccc(-c2cccc3[nH]ccc23)cc1. The van der Waals surface area contributed by atoms with Crippen LogP contribution in [-0.4, -0.2) is 18.1 Å². The fourth-order valence-electron chi connectivity index (χ4n) is 2.54. The highest BCUT2D eigenvalue weighted by Gasteiger charge is 2.05. The molecule has 106 valence electrons. The smallest absolute Gasteiger partial charge is 0.305 e. The minimum Gasteiger partial charge on any atom is -0.469 e. The van der Waals surface area contributed by atoms with Crippen molar-refractivity contribution in [2.45, 2.75) is 12.8 Å². The summed E-state index contributed by atoms with van der Waals surface area (Å²) in [5.41, 5.74) is 4.68. The number of aromatic nitrogens is 1. The molecule has 0 radical (unpaired) electrons. The number of nitrogens with one attached hydrogen (secondary N) is 1. The fourth-order valence-corrected chi connectivity index (χ4v) is 2.54. The van der Waals surface area contributed by atoms with Crippen LogP contribution >= 0.6 is 0 Å². The number of ether oxygens (including phenoxy) is 1. The standard InChI is InChI=1S/C18H17NO2/c1-21-18(20)10-7-13-5-8-14(9-6-13)15-3-2-4-17-16(15)11-12-19-17/h2-6,8-9,11-12,19H,7,10H2,1H3. The van der Waals surface area contributed by atoms with E-state index in [2.05, 4.69) is 58.3 Å². The van der Waals surface area contributed by atoms with Gasteiger partial charge < -0.3 is 9.72 Å². The fraction of sp³-hybridized carbons (Fsp3) is 0.167. The lowest BCUT2D eigenvalue weighted by molar-refractivity contribution is -0.140. The molecule has 3 heteroatoms. The Kier molecular flexibility index (Phi) is 3.73. The number of fused-ring (bicyclic) bond motifs is 1. The van der Waals surface area contributed by atoms with Crippen LogP contribution in [0, 0.1) is 0 Å². The molecule has 2 aromatic carbocycles. The molecule has 0 saturated carbocycles. The molecule has 0 spiro atoms. The Morgan fingerprint density at radius 3 is 2.67 bits per heavy atom. The Bertz CT molecular complexity index is 756. The molecular weight excluding hydrogens is 262 g/mol. The predicted octanol–water partition coefficient (Wildman–Crippen LogP) is 3.94. The van der Waals surface area contributed by atoms with E-state index in [9.17, 15) is 4.79 Å². The number of methoxy groups -OCH3 is 1. The van der Waals surface area contributed by atoms with E-state index in [1.807, 2.05) is 6.20 Å². The van der Waals surface area contributed by atoms with Gasteiger partial charge >= 0.3 is 5.97 Å².